The van der Waals surface area contributed by atoms with Crippen molar-refractivity contribution in [2.75, 3.05) is 13.6 Å². The third-order valence-corrected chi connectivity index (χ3v) is 5.80. The number of aryl methyl sites for hydroxylation is 1. The molecule has 2 aromatic carbocycles. The summed E-state index contributed by atoms with van der Waals surface area (Å²) in [5.41, 5.74) is 1.54. The third-order valence-electron chi connectivity index (χ3n) is 4.54. The van der Waals surface area contributed by atoms with Gasteiger partial charge in [0, 0.05) is 6.54 Å². The molecule has 0 aliphatic carbocycles. The van der Waals surface area contributed by atoms with Crippen molar-refractivity contribution in [2.24, 2.45) is 0 Å². The van der Waals surface area contributed by atoms with Crippen LogP contribution in [0.15, 0.2) is 53.4 Å². The van der Waals surface area contributed by atoms with Crippen molar-refractivity contribution in [3.8, 4) is 5.75 Å². The van der Waals surface area contributed by atoms with Gasteiger partial charge in [0.15, 0.2) is 0 Å². The Labute approximate surface area is 149 Å². The first-order chi connectivity index (χ1) is 11.7. The molecule has 5 nitrogen and oxygen atoms in total. The number of likely N-dealkylation sites (N-methyl/N-ethyl adjacent to an activating group) is 1. The lowest BCUT2D eigenvalue weighted by Crippen LogP contribution is -2.35. The van der Waals surface area contributed by atoms with E-state index in [1.54, 1.807) is 42.5 Å². The van der Waals surface area contributed by atoms with Gasteiger partial charge in [-0.05, 0) is 57.6 Å². The number of hydrogen-bond acceptors (Lipinski definition) is 5. The van der Waals surface area contributed by atoms with E-state index in [0.717, 1.165) is 17.7 Å². The minimum absolute atomic E-state index is 0.120. The van der Waals surface area contributed by atoms with Gasteiger partial charge >= 0.3 is 10.1 Å². The Morgan fingerprint density at radius 1 is 1.16 bits per heavy atom. The summed E-state index contributed by atoms with van der Waals surface area (Å²) in [5, 5.41) is 0. The second-order valence-electron chi connectivity index (χ2n) is 6.86. The average Bonchev–Trinajstić information content (AvgIpc) is 2.81. The molecule has 0 saturated carbocycles. The van der Waals surface area contributed by atoms with Crippen LogP contribution in [0, 0.1) is 6.92 Å². The van der Waals surface area contributed by atoms with E-state index in [1.165, 1.54) is 0 Å². The molecular formula is C19H23NO4S. The molecule has 3 rings (SSSR count). The Morgan fingerprint density at radius 2 is 1.84 bits per heavy atom. The molecule has 25 heavy (non-hydrogen) atoms. The standard InChI is InChI=1S/C19H23NO4S/c1-14-8-10-17(11-9-14)25(21,22)24-16-7-5-6-15(12-16)18-13-20(4)19(2,3)23-18/h5-12,18H,13H2,1-4H3. The van der Waals surface area contributed by atoms with E-state index < -0.39 is 10.1 Å². The molecule has 1 aliphatic heterocycles. The second kappa shape index (κ2) is 6.44. The maximum Gasteiger partial charge on any atom is 0.339 e. The Balaban J connectivity index is 1.81. The van der Waals surface area contributed by atoms with E-state index in [4.69, 9.17) is 8.92 Å². The minimum Gasteiger partial charge on any atom is -0.379 e. The van der Waals surface area contributed by atoms with Crippen LogP contribution in [0.4, 0.5) is 0 Å². The van der Waals surface area contributed by atoms with E-state index in [9.17, 15) is 8.42 Å². The molecule has 0 N–H and O–H groups in total. The highest BCUT2D eigenvalue weighted by molar-refractivity contribution is 7.87. The largest absolute Gasteiger partial charge is 0.379 e. The van der Waals surface area contributed by atoms with Gasteiger partial charge in [-0.15, -0.1) is 0 Å². The molecule has 0 radical (unpaired) electrons. The van der Waals surface area contributed by atoms with E-state index >= 15 is 0 Å². The van der Waals surface area contributed by atoms with Crippen molar-refractivity contribution in [2.45, 2.75) is 37.5 Å². The first kappa shape index (κ1) is 17.9. The van der Waals surface area contributed by atoms with E-state index in [2.05, 4.69) is 4.90 Å². The van der Waals surface area contributed by atoms with Gasteiger partial charge in [-0.2, -0.15) is 8.42 Å². The molecule has 1 saturated heterocycles. The lowest BCUT2D eigenvalue weighted by Gasteiger charge is -2.25. The van der Waals surface area contributed by atoms with Gasteiger partial charge < -0.3 is 8.92 Å². The Bertz CT molecular complexity index is 859. The average molecular weight is 361 g/mol. The van der Waals surface area contributed by atoms with Crippen LogP contribution in [0.5, 0.6) is 5.75 Å². The normalized spacial score (nSPS) is 20.6. The Hall–Kier alpha value is -1.89. The first-order valence-electron chi connectivity index (χ1n) is 8.17. The van der Waals surface area contributed by atoms with Gasteiger partial charge in [-0.1, -0.05) is 29.8 Å². The zero-order valence-electron chi connectivity index (χ0n) is 14.9. The maximum atomic E-state index is 12.4. The fourth-order valence-corrected chi connectivity index (χ4v) is 3.69. The summed E-state index contributed by atoms with van der Waals surface area (Å²) >= 11 is 0. The molecule has 2 aromatic rings. The molecule has 1 unspecified atom stereocenters. The highest BCUT2D eigenvalue weighted by atomic mass is 32.2. The SMILES string of the molecule is Cc1ccc(S(=O)(=O)Oc2cccc(C3CN(C)C(C)(C)O3)c2)cc1. The predicted octanol–water partition coefficient (Wildman–Crippen LogP) is 3.50. The quantitative estimate of drug-likeness (QED) is 0.780. The lowest BCUT2D eigenvalue weighted by molar-refractivity contribution is -0.0681. The van der Waals surface area contributed by atoms with Gasteiger partial charge in [0.2, 0.25) is 0 Å². The zero-order valence-corrected chi connectivity index (χ0v) is 15.7. The topological polar surface area (TPSA) is 55.8 Å². The summed E-state index contributed by atoms with van der Waals surface area (Å²) in [4.78, 5) is 2.26. The van der Waals surface area contributed by atoms with Crippen LogP contribution in [-0.2, 0) is 14.9 Å². The molecule has 0 amide bonds. The molecule has 1 aliphatic rings. The molecule has 0 spiro atoms. The molecule has 6 heteroatoms. The summed E-state index contributed by atoms with van der Waals surface area (Å²) in [7, 11) is -1.85. The van der Waals surface area contributed by atoms with Crippen molar-refractivity contribution >= 4 is 10.1 Å². The number of rotatable bonds is 4. The van der Waals surface area contributed by atoms with Crippen LogP contribution in [0.25, 0.3) is 0 Å². The van der Waals surface area contributed by atoms with Crippen LogP contribution in [0.3, 0.4) is 0 Å². The lowest BCUT2D eigenvalue weighted by atomic mass is 10.1. The first-order valence-corrected chi connectivity index (χ1v) is 9.58. The van der Waals surface area contributed by atoms with Crippen LogP contribution >= 0.6 is 0 Å². The molecule has 134 valence electrons. The van der Waals surface area contributed by atoms with Crippen molar-refractivity contribution in [1.29, 1.82) is 0 Å². The number of hydrogen-bond donors (Lipinski definition) is 0. The Kier molecular flexibility index (Phi) is 4.62. The zero-order chi connectivity index (χ0) is 18.2. The number of ether oxygens (including phenoxy) is 1. The van der Waals surface area contributed by atoms with Gasteiger partial charge in [0.1, 0.15) is 16.4 Å². The molecule has 1 atom stereocenters. The number of nitrogens with zero attached hydrogens (tertiary/aromatic N) is 1. The van der Waals surface area contributed by atoms with Gasteiger partial charge in [-0.3, -0.25) is 4.90 Å². The second-order valence-corrected chi connectivity index (χ2v) is 8.40. The molecule has 0 aromatic heterocycles. The van der Waals surface area contributed by atoms with E-state index in [0.29, 0.717) is 0 Å². The Morgan fingerprint density at radius 3 is 2.44 bits per heavy atom. The summed E-state index contributed by atoms with van der Waals surface area (Å²) < 4.78 is 36.2. The highest BCUT2D eigenvalue weighted by Crippen LogP contribution is 2.35. The third kappa shape index (κ3) is 3.86. The van der Waals surface area contributed by atoms with E-state index in [-0.39, 0.29) is 22.5 Å². The van der Waals surface area contributed by atoms with Crippen molar-refractivity contribution < 1.29 is 17.3 Å². The molecule has 1 heterocycles. The van der Waals surface area contributed by atoms with E-state index in [1.807, 2.05) is 33.9 Å². The monoisotopic (exact) mass is 361 g/mol. The fourth-order valence-electron chi connectivity index (χ4n) is 2.76. The molecule has 1 fully saturated rings. The molecule has 0 bridgehead atoms. The summed E-state index contributed by atoms with van der Waals surface area (Å²) in [6.45, 7) is 6.66. The summed E-state index contributed by atoms with van der Waals surface area (Å²) in [6, 6.07) is 13.7. The van der Waals surface area contributed by atoms with Gasteiger partial charge in [-0.25, -0.2) is 0 Å². The van der Waals surface area contributed by atoms with Gasteiger partial charge in [0.25, 0.3) is 0 Å². The summed E-state index contributed by atoms with van der Waals surface area (Å²) in [6.07, 6.45) is -0.120. The van der Waals surface area contributed by atoms with Crippen molar-refractivity contribution in [3.05, 3.63) is 59.7 Å². The van der Waals surface area contributed by atoms with Crippen molar-refractivity contribution in [1.82, 2.24) is 4.90 Å². The fraction of sp³-hybridized carbons (Fsp3) is 0.368. The summed E-state index contributed by atoms with van der Waals surface area (Å²) in [5.74, 6) is 0.286. The van der Waals surface area contributed by atoms with Crippen LogP contribution in [0.1, 0.15) is 31.1 Å². The van der Waals surface area contributed by atoms with Crippen molar-refractivity contribution in [3.63, 3.8) is 0 Å². The predicted molar refractivity (Wildman–Crippen MR) is 96.0 cm³/mol. The van der Waals surface area contributed by atoms with Crippen LogP contribution in [0.2, 0.25) is 0 Å². The smallest absolute Gasteiger partial charge is 0.339 e. The number of benzene rings is 2. The van der Waals surface area contributed by atoms with Crippen LogP contribution < -0.4 is 4.18 Å². The molecular weight excluding hydrogens is 338 g/mol. The van der Waals surface area contributed by atoms with Gasteiger partial charge in [0.05, 0.1) is 6.10 Å². The highest BCUT2D eigenvalue weighted by Gasteiger charge is 2.37. The van der Waals surface area contributed by atoms with Crippen LogP contribution in [-0.4, -0.2) is 32.6 Å². The minimum atomic E-state index is -3.86. The maximum absolute atomic E-state index is 12.4.